The first-order valence-electron chi connectivity index (χ1n) is 6.47. The van der Waals surface area contributed by atoms with Gasteiger partial charge in [0.15, 0.2) is 0 Å². The van der Waals surface area contributed by atoms with Crippen LogP contribution in [0, 0.1) is 0 Å². The number of carbonyl (C=O) groups is 1. The molecule has 1 aliphatic heterocycles. The minimum atomic E-state index is 0.134. The van der Waals surface area contributed by atoms with Crippen molar-refractivity contribution in [3.05, 3.63) is 29.8 Å². The maximum absolute atomic E-state index is 12.5. The van der Waals surface area contributed by atoms with Crippen molar-refractivity contribution in [2.75, 3.05) is 45.6 Å². The van der Waals surface area contributed by atoms with Crippen molar-refractivity contribution < 1.29 is 4.79 Å². The number of benzene rings is 1. The van der Waals surface area contributed by atoms with Crippen molar-refractivity contribution in [2.45, 2.75) is 6.42 Å². The van der Waals surface area contributed by atoms with E-state index >= 15 is 0 Å². The number of amides is 1. The van der Waals surface area contributed by atoms with E-state index in [4.69, 9.17) is 0 Å². The van der Waals surface area contributed by atoms with E-state index in [0.717, 1.165) is 43.9 Å². The first-order valence-corrected chi connectivity index (χ1v) is 6.47. The summed E-state index contributed by atoms with van der Waals surface area (Å²) in [7, 11) is 3.96. The second kappa shape index (κ2) is 5.87. The Morgan fingerprint density at radius 2 is 1.94 bits per heavy atom. The van der Waals surface area contributed by atoms with Gasteiger partial charge in [0.05, 0.1) is 5.56 Å². The lowest BCUT2D eigenvalue weighted by Gasteiger charge is -2.21. The normalized spacial score (nSPS) is 17.3. The van der Waals surface area contributed by atoms with Crippen molar-refractivity contribution in [3.63, 3.8) is 0 Å². The Labute approximate surface area is 109 Å². The molecule has 0 radical (unpaired) electrons. The van der Waals surface area contributed by atoms with Crippen LogP contribution in [0.15, 0.2) is 24.3 Å². The van der Waals surface area contributed by atoms with Crippen LogP contribution in [0.1, 0.15) is 16.8 Å². The van der Waals surface area contributed by atoms with Crippen molar-refractivity contribution in [1.29, 1.82) is 0 Å². The minimum absolute atomic E-state index is 0.134. The van der Waals surface area contributed by atoms with Gasteiger partial charge in [-0.1, -0.05) is 12.1 Å². The van der Waals surface area contributed by atoms with Gasteiger partial charge in [-0.05, 0) is 32.1 Å². The van der Waals surface area contributed by atoms with E-state index in [1.807, 2.05) is 36.2 Å². The number of rotatable bonds is 2. The van der Waals surface area contributed by atoms with Gasteiger partial charge in [-0.3, -0.25) is 4.79 Å². The van der Waals surface area contributed by atoms with Gasteiger partial charge in [0.2, 0.25) is 0 Å². The average molecular weight is 247 g/mol. The monoisotopic (exact) mass is 247 g/mol. The molecule has 1 fully saturated rings. The van der Waals surface area contributed by atoms with Crippen LogP contribution in [0.3, 0.4) is 0 Å². The molecule has 1 N–H and O–H groups in total. The molecule has 0 atom stereocenters. The van der Waals surface area contributed by atoms with Gasteiger partial charge >= 0.3 is 0 Å². The van der Waals surface area contributed by atoms with Gasteiger partial charge in [-0.15, -0.1) is 0 Å². The SMILES string of the molecule is CNc1ccccc1C(=O)N1CCCN(C)CC1. The summed E-state index contributed by atoms with van der Waals surface area (Å²) in [5.74, 6) is 0.134. The zero-order chi connectivity index (χ0) is 13.0. The molecule has 1 heterocycles. The Balaban J connectivity index is 2.15. The van der Waals surface area contributed by atoms with Crippen LogP contribution in [-0.4, -0.2) is 56.0 Å². The third kappa shape index (κ3) is 2.82. The number of anilines is 1. The number of likely N-dealkylation sites (N-methyl/N-ethyl adjacent to an activating group) is 1. The molecular formula is C14H21N3O. The summed E-state index contributed by atoms with van der Waals surface area (Å²) in [6.45, 7) is 3.68. The van der Waals surface area contributed by atoms with Crippen LogP contribution >= 0.6 is 0 Å². The third-order valence-electron chi connectivity index (χ3n) is 3.43. The molecule has 0 unspecified atom stereocenters. The Kier molecular flexibility index (Phi) is 4.20. The van der Waals surface area contributed by atoms with Gasteiger partial charge in [-0.2, -0.15) is 0 Å². The average Bonchev–Trinajstić information content (AvgIpc) is 2.62. The van der Waals surface area contributed by atoms with Gasteiger partial charge < -0.3 is 15.1 Å². The molecule has 4 nitrogen and oxygen atoms in total. The van der Waals surface area contributed by atoms with Gasteiger partial charge in [0.1, 0.15) is 0 Å². The molecule has 18 heavy (non-hydrogen) atoms. The van der Waals surface area contributed by atoms with Crippen LogP contribution in [-0.2, 0) is 0 Å². The molecule has 0 spiro atoms. The number of para-hydroxylation sites is 1. The highest BCUT2D eigenvalue weighted by Gasteiger charge is 2.20. The summed E-state index contributed by atoms with van der Waals surface area (Å²) >= 11 is 0. The van der Waals surface area contributed by atoms with Crippen molar-refractivity contribution in [1.82, 2.24) is 9.80 Å². The van der Waals surface area contributed by atoms with E-state index in [-0.39, 0.29) is 5.91 Å². The zero-order valence-corrected chi connectivity index (χ0v) is 11.1. The van der Waals surface area contributed by atoms with E-state index in [9.17, 15) is 4.79 Å². The molecule has 1 aromatic rings. The zero-order valence-electron chi connectivity index (χ0n) is 11.1. The molecule has 1 amide bonds. The molecule has 98 valence electrons. The van der Waals surface area contributed by atoms with Crippen molar-refractivity contribution in [3.8, 4) is 0 Å². The second-order valence-electron chi connectivity index (χ2n) is 4.74. The number of hydrogen-bond donors (Lipinski definition) is 1. The Bertz CT molecular complexity index is 419. The lowest BCUT2D eigenvalue weighted by Crippen LogP contribution is -2.34. The maximum atomic E-state index is 12.5. The summed E-state index contributed by atoms with van der Waals surface area (Å²) in [5.41, 5.74) is 1.67. The number of carbonyl (C=O) groups excluding carboxylic acids is 1. The molecule has 2 rings (SSSR count). The third-order valence-corrected chi connectivity index (χ3v) is 3.43. The summed E-state index contributed by atoms with van der Waals surface area (Å²) in [4.78, 5) is 16.7. The molecule has 4 heteroatoms. The second-order valence-corrected chi connectivity index (χ2v) is 4.74. The molecular weight excluding hydrogens is 226 g/mol. The maximum Gasteiger partial charge on any atom is 0.255 e. The largest absolute Gasteiger partial charge is 0.387 e. The molecule has 1 aromatic carbocycles. The van der Waals surface area contributed by atoms with Crippen LogP contribution in [0.25, 0.3) is 0 Å². The van der Waals surface area contributed by atoms with E-state index < -0.39 is 0 Å². The van der Waals surface area contributed by atoms with Crippen molar-refractivity contribution in [2.24, 2.45) is 0 Å². The fraction of sp³-hybridized carbons (Fsp3) is 0.500. The highest BCUT2D eigenvalue weighted by molar-refractivity contribution is 5.99. The molecule has 0 saturated carbocycles. The quantitative estimate of drug-likeness (QED) is 0.860. The van der Waals surface area contributed by atoms with E-state index in [1.54, 1.807) is 0 Å². The van der Waals surface area contributed by atoms with E-state index in [2.05, 4.69) is 17.3 Å². The molecule has 1 saturated heterocycles. The number of nitrogens with one attached hydrogen (secondary N) is 1. The summed E-state index contributed by atoms with van der Waals surface area (Å²) in [6.07, 6.45) is 1.05. The molecule has 1 aliphatic rings. The predicted molar refractivity (Wildman–Crippen MR) is 74.0 cm³/mol. The van der Waals surface area contributed by atoms with Crippen LogP contribution < -0.4 is 5.32 Å². The highest BCUT2D eigenvalue weighted by Crippen LogP contribution is 2.17. The Morgan fingerprint density at radius 3 is 2.72 bits per heavy atom. The highest BCUT2D eigenvalue weighted by atomic mass is 16.2. The van der Waals surface area contributed by atoms with Gasteiger partial charge in [-0.25, -0.2) is 0 Å². The molecule has 0 aliphatic carbocycles. The fourth-order valence-corrected chi connectivity index (χ4v) is 2.31. The summed E-state index contributed by atoms with van der Waals surface area (Å²) in [6, 6.07) is 7.69. The molecule has 0 aromatic heterocycles. The van der Waals surface area contributed by atoms with Gasteiger partial charge in [0, 0.05) is 32.4 Å². The summed E-state index contributed by atoms with van der Waals surface area (Å²) in [5, 5.41) is 3.08. The van der Waals surface area contributed by atoms with Crippen molar-refractivity contribution >= 4 is 11.6 Å². The van der Waals surface area contributed by atoms with E-state index in [0.29, 0.717) is 0 Å². The summed E-state index contributed by atoms with van der Waals surface area (Å²) < 4.78 is 0. The number of nitrogens with zero attached hydrogens (tertiary/aromatic N) is 2. The van der Waals surface area contributed by atoms with Crippen LogP contribution in [0.4, 0.5) is 5.69 Å². The Hall–Kier alpha value is -1.55. The molecule has 0 bridgehead atoms. The minimum Gasteiger partial charge on any atom is -0.387 e. The predicted octanol–water partition coefficient (Wildman–Crippen LogP) is 1.51. The first-order chi connectivity index (χ1) is 8.72. The van der Waals surface area contributed by atoms with E-state index in [1.165, 1.54) is 0 Å². The topological polar surface area (TPSA) is 35.6 Å². The van der Waals surface area contributed by atoms with Gasteiger partial charge in [0.25, 0.3) is 5.91 Å². The van der Waals surface area contributed by atoms with Crippen LogP contribution in [0.2, 0.25) is 0 Å². The standard InChI is InChI=1S/C14H21N3O/c1-15-13-7-4-3-6-12(13)14(18)17-9-5-8-16(2)10-11-17/h3-4,6-7,15H,5,8-11H2,1-2H3. The fourth-order valence-electron chi connectivity index (χ4n) is 2.31. The smallest absolute Gasteiger partial charge is 0.255 e. The Morgan fingerprint density at radius 1 is 1.17 bits per heavy atom. The lowest BCUT2D eigenvalue weighted by molar-refractivity contribution is 0.0764. The number of hydrogen-bond acceptors (Lipinski definition) is 3. The van der Waals surface area contributed by atoms with Crippen LogP contribution in [0.5, 0.6) is 0 Å². The lowest BCUT2D eigenvalue weighted by atomic mass is 10.1. The first kappa shape index (κ1) is 12.9.